The number of benzene rings is 1. The van der Waals surface area contributed by atoms with Gasteiger partial charge in [0.1, 0.15) is 5.54 Å². The average molecular weight is 301 g/mol. The predicted octanol–water partition coefficient (Wildman–Crippen LogP) is 3.23. The summed E-state index contributed by atoms with van der Waals surface area (Å²) in [6, 6.07) is 5.51. The molecule has 1 unspecified atom stereocenters. The third kappa shape index (κ3) is 3.04. The standard InChI is InChI=1S/C14H18Cl2N2O/c1-14(13(17)19,18-10-4-2-3-5-10)9-6-7-11(15)12(16)8-9/h6-8,10,18H,2-5H2,1H3,(H2,17,19). The van der Waals surface area contributed by atoms with Crippen LogP contribution in [0.1, 0.15) is 38.2 Å². The topological polar surface area (TPSA) is 55.1 Å². The molecule has 0 radical (unpaired) electrons. The first-order chi connectivity index (χ1) is 8.93. The summed E-state index contributed by atoms with van der Waals surface area (Å²) >= 11 is 11.9. The Morgan fingerprint density at radius 1 is 1.32 bits per heavy atom. The van der Waals surface area contributed by atoms with Gasteiger partial charge in [-0.3, -0.25) is 10.1 Å². The first kappa shape index (κ1) is 14.6. The number of rotatable bonds is 4. The quantitative estimate of drug-likeness (QED) is 0.897. The maximum absolute atomic E-state index is 11.9. The molecule has 3 N–H and O–H groups in total. The van der Waals surface area contributed by atoms with Crippen molar-refractivity contribution in [2.45, 2.75) is 44.2 Å². The van der Waals surface area contributed by atoms with Crippen molar-refractivity contribution >= 4 is 29.1 Å². The minimum atomic E-state index is -0.913. The van der Waals surface area contributed by atoms with Crippen molar-refractivity contribution in [2.24, 2.45) is 5.73 Å². The lowest BCUT2D eigenvalue weighted by atomic mass is 9.90. The number of hydrogen-bond acceptors (Lipinski definition) is 2. The third-order valence-electron chi connectivity index (χ3n) is 3.84. The second-order valence-corrected chi connectivity index (χ2v) is 6.06. The molecule has 5 heteroatoms. The van der Waals surface area contributed by atoms with E-state index in [2.05, 4.69) is 5.32 Å². The molecule has 1 atom stereocenters. The van der Waals surface area contributed by atoms with E-state index in [0.717, 1.165) is 18.4 Å². The van der Waals surface area contributed by atoms with E-state index in [-0.39, 0.29) is 0 Å². The number of primary amides is 1. The van der Waals surface area contributed by atoms with Gasteiger partial charge in [0.2, 0.25) is 5.91 Å². The molecule has 0 saturated heterocycles. The van der Waals surface area contributed by atoms with Crippen molar-refractivity contribution in [1.29, 1.82) is 0 Å². The highest BCUT2D eigenvalue weighted by molar-refractivity contribution is 6.42. The lowest BCUT2D eigenvalue weighted by Crippen LogP contribution is -2.53. The molecule has 1 saturated carbocycles. The fourth-order valence-corrected chi connectivity index (χ4v) is 2.88. The summed E-state index contributed by atoms with van der Waals surface area (Å²) in [5.41, 5.74) is 5.43. The minimum Gasteiger partial charge on any atom is -0.368 e. The van der Waals surface area contributed by atoms with Crippen LogP contribution in [-0.2, 0) is 10.3 Å². The first-order valence-corrected chi connectivity index (χ1v) is 7.22. The second-order valence-electron chi connectivity index (χ2n) is 5.24. The van der Waals surface area contributed by atoms with E-state index in [1.54, 1.807) is 25.1 Å². The highest BCUT2D eigenvalue weighted by atomic mass is 35.5. The van der Waals surface area contributed by atoms with Crippen LogP contribution in [0.15, 0.2) is 18.2 Å². The van der Waals surface area contributed by atoms with Gasteiger partial charge >= 0.3 is 0 Å². The molecule has 1 aromatic carbocycles. The van der Waals surface area contributed by atoms with Crippen molar-refractivity contribution < 1.29 is 4.79 Å². The van der Waals surface area contributed by atoms with E-state index in [0.29, 0.717) is 16.1 Å². The molecule has 0 aromatic heterocycles. The van der Waals surface area contributed by atoms with Crippen LogP contribution in [0.4, 0.5) is 0 Å². The molecule has 0 bridgehead atoms. The largest absolute Gasteiger partial charge is 0.368 e. The molecule has 104 valence electrons. The minimum absolute atomic E-state index is 0.326. The van der Waals surface area contributed by atoms with Crippen molar-refractivity contribution in [3.05, 3.63) is 33.8 Å². The highest BCUT2D eigenvalue weighted by Crippen LogP contribution is 2.30. The maximum Gasteiger partial charge on any atom is 0.242 e. The Labute approximate surface area is 123 Å². The normalized spacial score (nSPS) is 19.3. The summed E-state index contributed by atoms with van der Waals surface area (Å²) in [4.78, 5) is 11.9. The van der Waals surface area contributed by atoms with E-state index in [4.69, 9.17) is 28.9 Å². The van der Waals surface area contributed by atoms with E-state index >= 15 is 0 Å². The van der Waals surface area contributed by atoms with Crippen molar-refractivity contribution in [2.75, 3.05) is 0 Å². The van der Waals surface area contributed by atoms with Gasteiger partial charge in [-0.05, 0) is 37.5 Å². The van der Waals surface area contributed by atoms with Crippen LogP contribution in [0.5, 0.6) is 0 Å². The zero-order chi connectivity index (χ0) is 14.0. The SMILES string of the molecule is CC(NC1CCCC1)(C(N)=O)c1ccc(Cl)c(Cl)c1. The van der Waals surface area contributed by atoms with E-state index in [1.807, 2.05) is 0 Å². The third-order valence-corrected chi connectivity index (χ3v) is 4.58. The van der Waals surface area contributed by atoms with Gasteiger partial charge in [-0.15, -0.1) is 0 Å². The van der Waals surface area contributed by atoms with Gasteiger partial charge in [-0.2, -0.15) is 0 Å². The fraction of sp³-hybridized carbons (Fsp3) is 0.500. The van der Waals surface area contributed by atoms with E-state index in [9.17, 15) is 4.79 Å². The molecule has 1 fully saturated rings. The smallest absolute Gasteiger partial charge is 0.242 e. The molecular weight excluding hydrogens is 283 g/mol. The van der Waals surface area contributed by atoms with Crippen LogP contribution in [0, 0.1) is 0 Å². The Kier molecular flexibility index (Phi) is 4.39. The van der Waals surface area contributed by atoms with Crippen LogP contribution in [0.3, 0.4) is 0 Å². The Balaban J connectivity index is 2.31. The van der Waals surface area contributed by atoms with Gasteiger partial charge < -0.3 is 5.73 Å². The monoisotopic (exact) mass is 300 g/mol. The Bertz CT molecular complexity index is 486. The number of carbonyl (C=O) groups excluding carboxylic acids is 1. The number of hydrogen-bond donors (Lipinski definition) is 2. The summed E-state index contributed by atoms with van der Waals surface area (Å²) in [6.45, 7) is 1.80. The molecule has 1 amide bonds. The van der Waals surface area contributed by atoms with Crippen LogP contribution < -0.4 is 11.1 Å². The molecule has 1 aliphatic carbocycles. The summed E-state index contributed by atoms with van der Waals surface area (Å²) in [5.74, 6) is -0.405. The molecule has 0 heterocycles. The van der Waals surface area contributed by atoms with Crippen molar-refractivity contribution in [1.82, 2.24) is 5.32 Å². The number of nitrogens with two attached hydrogens (primary N) is 1. The van der Waals surface area contributed by atoms with Crippen molar-refractivity contribution in [3.8, 4) is 0 Å². The summed E-state index contributed by atoms with van der Waals surface area (Å²) in [7, 11) is 0. The summed E-state index contributed by atoms with van der Waals surface area (Å²) in [6.07, 6.45) is 4.52. The second kappa shape index (κ2) is 5.70. The number of nitrogens with one attached hydrogen (secondary N) is 1. The van der Waals surface area contributed by atoms with Gasteiger partial charge in [0.05, 0.1) is 10.0 Å². The Morgan fingerprint density at radius 3 is 2.47 bits per heavy atom. The molecule has 1 aliphatic rings. The number of amides is 1. The van der Waals surface area contributed by atoms with Crippen LogP contribution in [0.2, 0.25) is 10.0 Å². The van der Waals surface area contributed by atoms with E-state index < -0.39 is 11.4 Å². The van der Waals surface area contributed by atoms with Crippen LogP contribution in [-0.4, -0.2) is 11.9 Å². The zero-order valence-electron chi connectivity index (χ0n) is 10.9. The van der Waals surface area contributed by atoms with Crippen LogP contribution in [0.25, 0.3) is 0 Å². The van der Waals surface area contributed by atoms with Gasteiger partial charge in [-0.25, -0.2) is 0 Å². The van der Waals surface area contributed by atoms with Gasteiger partial charge in [0.15, 0.2) is 0 Å². The van der Waals surface area contributed by atoms with Gasteiger partial charge in [0, 0.05) is 6.04 Å². The molecule has 1 aromatic rings. The highest BCUT2D eigenvalue weighted by Gasteiger charge is 2.36. The Hall–Kier alpha value is -0.770. The number of halogens is 2. The lowest BCUT2D eigenvalue weighted by Gasteiger charge is -2.31. The lowest BCUT2D eigenvalue weighted by molar-refractivity contribution is -0.124. The Morgan fingerprint density at radius 2 is 1.95 bits per heavy atom. The predicted molar refractivity (Wildman–Crippen MR) is 78.4 cm³/mol. The molecule has 0 aliphatic heterocycles. The van der Waals surface area contributed by atoms with Gasteiger partial charge in [0.25, 0.3) is 0 Å². The van der Waals surface area contributed by atoms with E-state index in [1.165, 1.54) is 12.8 Å². The maximum atomic E-state index is 11.9. The molecule has 2 rings (SSSR count). The molecule has 19 heavy (non-hydrogen) atoms. The summed E-state index contributed by atoms with van der Waals surface area (Å²) in [5, 5.41) is 4.28. The number of carbonyl (C=O) groups is 1. The average Bonchev–Trinajstić information content (AvgIpc) is 2.85. The molecular formula is C14H18Cl2N2O. The van der Waals surface area contributed by atoms with Crippen LogP contribution >= 0.6 is 23.2 Å². The first-order valence-electron chi connectivity index (χ1n) is 6.46. The molecule has 0 spiro atoms. The fourth-order valence-electron chi connectivity index (χ4n) is 2.58. The summed E-state index contributed by atoms with van der Waals surface area (Å²) < 4.78 is 0. The molecule has 3 nitrogen and oxygen atoms in total. The van der Waals surface area contributed by atoms with Gasteiger partial charge in [-0.1, -0.05) is 42.1 Å². The zero-order valence-corrected chi connectivity index (χ0v) is 12.4. The van der Waals surface area contributed by atoms with Crippen molar-refractivity contribution in [3.63, 3.8) is 0 Å².